The Bertz CT molecular complexity index is 755. The molecule has 0 N–H and O–H groups in total. The van der Waals surface area contributed by atoms with Crippen LogP contribution in [0.3, 0.4) is 0 Å². The maximum Gasteiger partial charge on any atom is 0.316 e. The van der Waals surface area contributed by atoms with E-state index in [1.54, 1.807) is 6.07 Å². The van der Waals surface area contributed by atoms with Crippen LogP contribution >= 0.6 is 23.4 Å². The van der Waals surface area contributed by atoms with Gasteiger partial charge in [-0.15, -0.1) is 11.8 Å². The summed E-state index contributed by atoms with van der Waals surface area (Å²) in [6.45, 7) is 6.45. The quantitative estimate of drug-likeness (QED) is 0.417. The Kier molecular flexibility index (Phi) is 6.52. The van der Waals surface area contributed by atoms with Crippen LogP contribution in [-0.2, 0) is 16.1 Å². The molecule has 24 heavy (non-hydrogen) atoms. The summed E-state index contributed by atoms with van der Waals surface area (Å²) in [5.74, 6) is -0.498. The lowest BCUT2D eigenvalue weighted by Gasteiger charge is -2.07. The van der Waals surface area contributed by atoms with Gasteiger partial charge in [0.05, 0.1) is 10.8 Å². The van der Waals surface area contributed by atoms with Gasteiger partial charge in [-0.1, -0.05) is 23.7 Å². The number of aryl methyl sites for hydroxylation is 1. The molecule has 0 saturated heterocycles. The van der Waals surface area contributed by atoms with Gasteiger partial charge in [0.25, 0.3) is 0 Å². The van der Waals surface area contributed by atoms with Gasteiger partial charge in [0.2, 0.25) is 5.78 Å². The summed E-state index contributed by atoms with van der Waals surface area (Å²) in [7, 11) is 0. The minimum absolute atomic E-state index is 0.116. The Labute approximate surface area is 151 Å². The lowest BCUT2D eigenvalue weighted by molar-refractivity contribution is -0.139. The third kappa shape index (κ3) is 4.42. The van der Waals surface area contributed by atoms with Gasteiger partial charge in [-0.2, -0.15) is 0 Å². The molecule has 1 heterocycles. The first kappa shape index (κ1) is 18.6. The molecule has 4 nitrogen and oxygen atoms in total. The van der Waals surface area contributed by atoms with E-state index in [2.05, 4.69) is 4.57 Å². The molecule has 6 heteroatoms. The first-order valence-corrected chi connectivity index (χ1v) is 9.03. The average Bonchev–Trinajstić information content (AvgIpc) is 2.85. The van der Waals surface area contributed by atoms with Crippen LogP contribution < -0.4 is 0 Å². The maximum absolute atomic E-state index is 12.3. The fourth-order valence-electron chi connectivity index (χ4n) is 2.53. The van der Waals surface area contributed by atoms with E-state index in [0.717, 1.165) is 22.8 Å². The van der Waals surface area contributed by atoms with Crippen molar-refractivity contribution in [3.63, 3.8) is 0 Å². The molecule has 0 aliphatic rings. The van der Waals surface area contributed by atoms with Gasteiger partial charge in [-0.05, 0) is 39.0 Å². The SMILES string of the molecule is CCn1c(C)cc(C(=O)COC(=O)CSc2ccccc2Cl)c1C. The Morgan fingerprint density at radius 2 is 1.96 bits per heavy atom. The molecule has 1 aromatic carbocycles. The van der Waals surface area contributed by atoms with E-state index in [1.807, 2.05) is 45.0 Å². The minimum atomic E-state index is -0.433. The van der Waals surface area contributed by atoms with Gasteiger partial charge < -0.3 is 9.30 Å². The second-order valence-electron chi connectivity index (χ2n) is 5.33. The Morgan fingerprint density at radius 3 is 2.58 bits per heavy atom. The smallest absolute Gasteiger partial charge is 0.316 e. The highest BCUT2D eigenvalue weighted by Crippen LogP contribution is 2.26. The van der Waals surface area contributed by atoms with Gasteiger partial charge in [-0.25, -0.2) is 0 Å². The number of hydrogen-bond donors (Lipinski definition) is 0. The van der Waals surface area contributed by atoms with E-state index in [-0.39, 0.29) is 18.1 Å². The molecular formula is C18H20ClNO3S. The van der Waals surface area contributed by atoms with Gasteiger partial charge >= 0.3 is 5.97 Å². The zero-order valence-corrected chi connectivity index (χ0v) is 15.5. The summed E-state index contributed by atoms with van der Waals surface area (Å²) in [6, 6.07) is 9.13. The minimum Gasteiger partial charge on any atom is -0.457 e. The highest BCUT2D eigenvalue weighted by atomic mass is 35.5. The van der Waals surface area contributed by atoms with Crippen molar-refractivity contribution in [3.05, 3.63) is 52.3 Å². The molecule has 0 unspecified atom stereocenters. The predicted molar refractivity (Wildman–Crippen MR) is 97.0 cm³/mol. The van der Waals surface area contributed by atoms with Crippen LogP contribution in [0.1, 0.15) is 28.7 Å². The Morgan fingerprint density at radius 1 is 1.25 bits per heavy atom. The predicted octanol–water partition coefficient (Wildman–Crippen LogP) is 4.30. The molecule has 0 radical (unpaired) electrons. The van der Waals surface area contributed by atoms with Crippen molar-refractivity contribution in [2.45, 2.75) is 32.2 Å². The number of hydrogen-bond acceptors (Lipinski definition) is 4. The number of thioether (sulfide) groups is 1. The number of benzene rings is 1. The topological polar surface area (TPSA) is 48.3 Å². The van der Waals surface area contributed by atoms with Crippen molar-refractivity contribution in [2.24, 2.45) is 0 Å². The molecule has 0 atom stereocenters. The average molecular weight is 366 g/mol. The summed E-state index contributed by atoms with van der Waals surface area (Å²) < 4.78 is 7.15. The number of rotatable bonds is 7. The van der Waals surface area contributed by atoms with Crippen LogP contribution in [0, 0.1) is 13.8 Å². The molecule has 0 aliphatic carbocycles. The fourth-order valence-corrected chi connectivity index (χ4v) is 3.57. The van der Waals surface area contributed by atoms with Crippen molar-refractivity contribution in [1.29, 1.82) is 0 Å². The lowest BCUT2D eigenvalue weighted by atomic mass is 10.1. The van der Waals surface area contributed by atoms with E-state index in [9.17, 15) is 9.59 Å². The Balaban J connectivity index is 1.88. The van der Waals surface area contributed by atoms with Crippen molar-refractivity contribution in [3.8, 4) is 0 Å². The number of aromatic nitrogens is 1. The summed E-state index contributed by atoms with van der Waals surface area (Å²) in [6.07, 6.45) is 0. The van der Waals surface area contributed by atoms with Crippen LogP contribution in [-0.4, -0.2) is 28.7 Å². The standard InChI is InChI=1S/C18H20ClNO3S/c1-4-20-12(2)9-14(13(20)3)16(21)10-23-18(22)11-24-17-8-6-5-7-15(17)19/h5-9H,4,10-11H2,1-3H3. The molecule has 0 fully saturated rings. The molecular weight excluding hydrogens is 346 g/mol. The van der Waals surface area contributed by atoms with Gasteiger partial charge in [0.1, 0.15) is 0 Å². The van der Waals surface area contributed by atoms with E-state index >= 15 is 0 Å². The van der Waals surface area contributed by atoms with Crippen molar-refractivity contribution < 1.29 is 14.3 Å². The lowest BCUT2D eigenvalue weighted by Crippen LogP contribution is -2.16. The maximum atomic E-state index is 12.3. The number of halogens is 1. The van der Waals surface area contributed by atoms with Crippen molar-refractivity contribution >= 4 is 35.1 Å². The Hall–Kier alpha value is -1.72. The van der Waals surface area contributed by atoms with Crippen molar-refractivity contribution in [1.82, 2.24) is 4.57 Å². The third-order valence-corrected chi connectivity index (χ3v) is 5.23. The monoisotopic (exact) mass is 365 g/mol. The van der Waals surface area contributed by atoms with E-state index in [1.165, 1.54) is 11.8 Å². The number of esters is 1. The highest BCUT2D eigenvalue weighted by Gasteiger charge is 2.17. The van der Waals surface area contributed by atoms with Crippen molar-refractivity contribution in [2.75, 3.05) is 12.4 Å². The third-order valence-electron chi connectivity index (χ3n) is 3.74. The van der Waals surface area contributed by atoms with Crippen LogP contribution in [0.25, 0.3) is 0 Å². The van der Waals surface area contributed by atoms with E-state index in [0.29, 0.717) is 10.6 Å². The summed E-state index contributed by atoms with van der Waals surface area (Å²) in [4.78, 5) is 24.9. The van der Waals surface area contributed by atoms with Gasteiger partial charge in [-0.3, -0.25) is 9.59 Å². The summed E-state index contributed by atoms with van der Waals surface area (Å²) in [5, 5.41) is 0.596. The fraction of sp³-hybridized carbons (Fsp3) is 0.333. The normalized spacial score (nSPS) is 10.7. The van der Waals surface area contributed by atoms with Crippen LogP contribution in [0.2, 0.25) is 5.02 Å². The molecule has 0 spiro atoms. The molecule has 1 aromatic heterocycles. The van der Waals surface area contributed by atoms with Crippen LogP contribution in [0.15, 0.2) is 35.2 Å². The molecule has 0 bridgehead atoms. The number of Topliss-reactive ketones (excluding diaryl/α,β-unsaturated/α-hetero) is 1. The molecule has 0 saturated carbocycles. The molecule has 2 rings (SSSR count). The van der Waals surface area contributed by atoms with Crippen LogP contribution in [0.4, 0.5) is 0 Å². The molecule has 0 aliphatic heterocycles. The second kappa shape index (κ2) is 8.40. The highest BCUT2D eigenvalue weighted by molar-refractivity contribution is 8.00. The molecule has 128 valence electrons. The summed E-state index contributed by atoms with van der Waals surface area (Å²) in [5.41, 5.74) is 2.54. The number of carbonyl (C=O) groups is 2. The first-order chi connectivity index (χ1) is 11.4. The van der Waals surface area contributed by atoms with Gasteiger partial charge in [0.15, 0.2) is 6.61 Å². The zero-order valence-electron chi connectivity index (χ0n) is 14.0. The summed E-state index contributed by atoms with van der Waals surface area (Å²) >= 11 is 7.33. The van der Waals surface area contributed by atoms with E-state index < -0.39 is 5.97 Å². The largest absolute Gasteiger partial charge is 0.457 e. The first-order valence-electron chi connectivity index (χ1n) is 7.67. The number of carbonyl (C=O) groups excluding carboxylic acids is 2. The number of nitrogens with zero attached hydrogens (tertiary/aromatic N) is 1. The molecule has 2 aromatic rings. The number of ether oxygens (including phenoxy) is 1. The van der Waals surface area contributed by atoms with Gasteiger partial charge in [0, 0.05) is 28.4 Å². The molecule has 0 amide bonds. The van der Waals surface area contributed by atoms with Crippen LogP contribution in [0.5, 0.6) is 0 Å². The zero-order chi connectivity index (χ0) is 17.7. The number of ketones is 1. The van der Waals surface area contributed by atoms with E-state index in [4.69, 9.17) is 16.3 Å². The second-order valence-corrected chi connectivity index (χ2v) is 6.76.